The van der Waals surface area contributed by atoms with Crippen molar-refractivity contribution in [3.05, 3.63) is 40.6 Å². The Morgan fingerprint density at radius 2 is 2.14 bits per heavy atom. The maximum Gasteiger partial charge on any atom is 0.342 e. The van der Waals surface area contributed by atoms with E-state index in [2.05, 4.69) is 15.2 Å². The first-order valence-corrected chi connectivity index (χ1v) is 7.15. The molecule has 110 valence electrons. The van der Waals surface area contributed by atoms with Crippen LogP contribution in [0.2, 0.25) is 0 Å². The predicted molar refractivity (Wildman–Crippen MR) is 80.2 cm³/mol. The van der Waals surface area contributed by atoms with E-state index in [0.29, 0.717) is 17.6 Å². The molecule has 1 aromatic carbocycles. The number of aromatic nitrogens is 3. The predicted octanol–water partition coefficient (Wildman–Crippen LogP) is 2.73. The largest absolute Gasteiger partial charge is 0.494 e. The highest BCUT2D eigenvalue weighted by Crippen LogP contribution is 2.26. The highest BCUT2D eigenvalue weighted by Gasteiger charge is 2.12. The lowest BCUT2D eigenvalue weighted by Crippen LogP contribution is -1.97. The van der Waals surface area contributed by atoms with Crippen molar-refractivity contribution < 1.29 is 14.6 Å². The van der Waals surface area contributed by atoms with Crippen LogP contribution >= 0.6 is 11.8 Å². The molecule has 0 spiro atoms. The van der Waals surface area contributed by atoms with Crippen molar-refractivity contribution in [3.8, 4) is 5.75 Å². The molecule has 0 aliphatic heterocycles. The van der Waals surface area contributed by atoms with E-state index in [-0.39, 0.29) is 4.91 Å². The fraction of sp³-hybridized carbons (Fsp3) is 0.214. The molecule has 2 rings (SSSR count). The normalized spacial score (nSPS) is 11.4. The molecule has 0 amide bonds. The van der Waals surface area contributed by atoms with Gasteiger partial charge in [0.15, 0.2) is 0 Å². The van der Waals surface area contributed by atoms with Gasteiger partial charge in [0.1, 0.15) is 16.5 Å². The number of ether oxygens (including phenoxy) is 1. The van der Waals surface area contributed by atoms with Gasteiger partial charge in [-0.25, -0.2) is 9.78 Å². The van der Waals surface area contributed by atoms with E-state index in [0.717, 1.165) is 23.1 Å². The second-order valence-corrected chi connectivity index (χ2v) is 5.13. The van der Waals surface area contributed by atoms with Crippen LogP contribution in [0.25, 0.3) is 6.08 Å². The van der Waals surface area contributed by atoms with Crippen molar-refractivity contribution in [2.45, 2.75) is 19.0 Å². The number of aromatic amines is 1. The topological polar surface area (TPSA) is 88.1 Å². The lowest BCUT2D eigenvalue weighted by Gasteiger charge is -2.03. The zero-order chi connectivity index (χ0) is 15.2. The van der Waals surface area contributed by atoms with Crippen molar-refractivity contribution in [2.24, 2.45) is 0 Å². The number of carbonyl (C=O) groups is 1. The van der Waals surface area contributed by atoms with Crippen LogP contribution in [0.4, 0.5) is 0 Å². The summed E-state index contributed by atoms with van der Waals surface area (Å²) in [5.74, 6) is 0.378. The number of carboxylic acid groups (broad SMARTS) is 1. The van der Waals surface area contributed by atoms with Gasteiger partial charge < -0.3 is 9.84 Å². The number of hydrogen-bond acceptors (Lipinski definition) is 5. The molecule has 1 aromatic heterocycles. The van der Waals surface area contributed by atoms with Crippen molar-refractivity contribution in [1.82, 2.24) is 15.2 Å². The van der Waals surface area contributed by atoms with Gasteiger partial charge in [0.05, 0.1) is 6.61 Å². The molecule has 1 heterocycles. The summed E-state index contributed by atoms with van der Waals surface area (Å²) in [6, 6.07) is 7.21. The minimum Gasteiger partial charge on any atom is -0.494 e. The molecule has 0 radical (unpaired) electrons. The molecule has 0 aliphatic rings. The van der Waals surface area contributed by atoms with Crippen molar-refractivity contribution in [2.75, 3.05) is 6.61 Å². The molecule has 0 saturated heterocycles. The Morgan fingerprint density at radius 1 is 1.43 bits per heavy atom. The van der Waals surface area contributed by atoms with Gasteiger partial charge >= 0.3 is 5.97 Å². The Bertz CT molecular complexity index is 650. The first-order valence-electron chi connectivity index (χ1n) is 6.33. The number of nitrogens with one attached hydrogen (secondary N) is 1. The minimum absolute atomic E-state index is 0.151. The van der Waals surface area contributed by atoms with Gasteiger partial charge in [0, 0.05) is 0 Å². The summed E-state index contributed by atoms with van der Waals surface area (Å²) in [7, 11) is 0. The highest BCUT2D eigenvalue weighted by atomic mass is 32.2. The zero-order valence-corrected chi connectivity index (χ0v) is 12.5. The van der Waals surface area contributed by atoms with Gasteiger partial charge in [0.25, 0.3) is 0 Å². The average molecular weight is 305 g/mol. The lowest BCUT2D eigenvalue weighted by molar-refractivity contribution is -0.131. The number of aliphatic carboxylic acids is 1. The Hall–Kier alpha value is -2.28. The number of rotatable bonds is 6. The van der Waals surface area contributed by atoms with E-state index in [1.54, 1.807) is 37.3 Å². The number of benzene rings is 1. The Morgan fingerprint density at radius 3 is 2.67 bits per heavy atom. The molecule has 0 unspecified atom stereocenters. The molecule has 0 atom stereocenters. The van der Waals surface area contributed by atoms with Crippen LogP contribution in [-0.4, -0.2) is 32.9 Å². The molecule has 0 fully saturated rings. The van der Waals surface area contributed by atoms with E-state index in [4.69, 9.17) is 4.74 Å². The molecular weight excluding hydrogens is 290 g/mol. The number of carboxylic acids is 1. The van der Waals surface area contributed by atoms with Crippen LogP contribution in [0.5, 0.6) is 5.75 Å². The third-order valence-electron chi connectivity index (χ3n) is 2.48. The zero-order valence-electron chi connectivity index (χ0n) is 11.7. The number of hydrogen-bond donors (Lipinski definition) is 2. The van der Waals surface area contributed by atoms with Crippen LogP contribution in [0, 0.1) is 6.92 Å². The first kappa shape index (κ1) is 15.1. The van der Waals surface area contributed by atoms with Gasteiger partial charge in [-0.3, -0.25) is 5.10 Å². The summed E-state index contributed by atoms with van der Waals surface area (Å²) in [4.78, 5) is 15.5. The Kier molecular flexibility index (Phi) is 4.99. The highest BCUT2D eigenvalue weighted by molar-refractivity contribution is 8.04. The molecule has 0 bridgehead atoms. The smallest absolute Gasteiger partial charge is 0.342 e. The van der Waals surface area contributed by atoms with Crippen LogP contribution < -0.4 is 4.74 Å². The molecule has 0 aliphatic carbocycles. The molecule has 0 saturated carbocycles. The lowest BCUT2D eigenvalue weighted by atomic mass is 10.2. The number of H-pyrrole nitrogens is 1. The molecule has 2 aromatic rings. The van der Waals surface area contributed by atoms with E-state index in [1.165, 1.54) is 0 Å². The van der Waals surface area contributed by atoms with Crippen LogP contribution in [0.3, 0.4) is 0 Å². The summed E-state index contributed by atoms with van der Waals surface area (Å²) in [6.07, 6.45) is 1.58. The third kappa shape index (κ3) is 4.35. The van der Waals surface area contributed by atoms with E-state index < -0.39 is 5.97 Å². The SMILES string of the molecule is CCOc1ccc(C=C(Sc2n[nH]c(C)n2)C(=O)O)cc1. The fourth-order valence-corrected chi connectivity index (χ4v) is 2.33. The van der Waals surface area contributed by atoms with Crippen molar-refractivity contribution in [3.63, 3.8) is 0 Å². The maximum absolute atomic E-state index is 11.3. The quantitative estimate of drug-likeness (QED) is 0.630. The molecule has 6 nitrogen and oxygen atoms in total. The summed E-state index contributed by atoms with van der Waals surface area (Å²) in [6.45, 7) is 4.26. The first-order chi connectivity index (χ1) is 10.1. The second kappa shape index (κ2) is 6.94. The summed E-state index contributed by atoms with van der Waals surface area (Å²) < 4.78 is 5.35. The third-order valence-corrected chi connectivity index (χ3v) is 3.36. The number of nitrogens with zero attached hydrogens (tertiary/aromatic N) is 2. The van der Waals surface area contributed by atoms with Crippen LogP contribution in [0.1, 0.15) is 18.3 Å². The van der Waals surface area contributed by atoms with Gasteiger partial charge in [-0.15, -0.1) is 5.10 Å². The summed E-state index contributed by atoms with van der Waals surface area (Å²) in [5, 5.41) is 16.2. The molecule has 21 heavy (non-hydrogen) atoms. The minimum atomic E-state index is -1.02. The molecule has 2 N–H and O–H groups in total. The number of thioether (sulfide) groups is 1. The summed E-state index contributed by atoms with van der Waals surface area (Å²) >= 11 is 1.00. The van der Waals surface area contributed by atoms with Crippen molar-refractivity contribution in [1.29, 1.82) is 0 Å². The standard InChI is InChI=1S/C14H15N3O3S/c1-3-20-11-6-4-10(5-7-11)8-12(13(18)19)21-14-15-9(2)16-17-14/h4-8H,3H2,1-2H3,(H,18,19)(H,15,16,17). The van der Waals surface area contributed by atoms with Gasteiger partial charge in [0.2, 0.25) is 5.16 Å². The van der Waals surface area contributed by atoms with Crippen molar-refractivity contribution >= 4 is 23.8 Å². The Labute approximate surface area is 126 Å². The van der Waals surface area contributed by atoms with E-state index >= 15 is 0 Å². The van der Waals surface area contributed by atoms with Crippen LogP contribution in [-0.2, 0) is 4.79 Å². The molecular formula is C14H15N3O3S. The molecule has 7 heteroatoms. The van der Waals surface area contributed by atoms with Gasteiger partial charge in [-0.05, 0) is 49.4 Å². The Balaban J connectivity index is 2.18. The van der Waals surface area contributed by atoms with E-state index in [9.17, 15) is 9.90 Å². The van der Waals surface area contributed by atoms with Crippen LogP contribution in [0.15, 0.2) is 34.3 Å². The number of aryl methyl sites for hydroxylation is 1. The summed E-state index contributed by atoms with van der Waals surface area (Å²) in [5.41, 5.74) is 0.774. The second-order valence-electron chi connectivity index (χ2n) is 4.12. The van der Waals surface area contributed by atoms with Gasteiger partial charge in [-0.2, -0.15) is 0 Å². The van der Waals surface area contributed by atoms with Gasteiger partial charge in [-0.1, -0.05) is 12.1 Å². The fourth-order valence-electron chi connectivity index (χ4n) is 1.58. The average Bonchev–Trinajstić information content (AvgIpc) is 2.86. The maximum atomic E-state index is 11.3. The van der Waals surface area contributed by atoms with E-state index in [1.807, 2.05) is 6.92 Å². The monoisotopic (exact) mass is 305 g/mol.